The van der Waals surface area contributed by atoms with E-state index in [0.29, 0.717) is 28.5 Å². The number of benzene rings is 3. The average Bonchev–Trinajstić information content (AvgIpc) is 2.78. The summed E-state index contributed by atoms with van der Waals surface area (Å²) in [5.74, 6) is 0.816. The number of hydrogen-bond donors (Lipinski definition) is 0. The zero-order chi connectivity index (χ0) is 21.5. The maximum Gasteiger partial charge on any atom is 0.343 e. The topological polar surface area (TPSA) is 52.6 Å². The zero-order valence-corrected chi connectivity index (χ0v) is 17.3. The van der Waals surface area contributed by atoms with Gasteiger partial charge in [-0.1, -0.05) is 50.3 Å². The number of rotatable bonds is 7. The van der Waals surface area contributed by atoms with Crippen molar-refractivity contribution in [3.05, 3.63) is 101 Å². The van der Waals surface area contributed by atoms with Gasteiger partial charge in [-0.15, -0.1) is 0 Å². The molecule has 0 radical (unpaired) electrons. The fourth-order valence-electron chi connectivity index (χ4n) is 2.86. The van der Waals surface area contributed by atoms with Crippen LogP contribution >= 0.6 is 0 Å². The summed E-state index contributed by atoms with van der Waals surface area (Å²) in [5, 5.41) is 0. The summed E-state index contributed by atoms with van der Waals surface area (Å²) in [7, 11) is 1.54. The lowest BCUT2D eigenvalue weighted by Crippen LogP contribution is -2.08. The third kappa shape index (κ3) is 5.45. The molecule has 3 rings (SSSR count). The van der Waals surface area contributed by atoms with E-state index in [1.165, 1.54) is 12.7 Å². The van der Waals surface area contributed by atoms with Crippen LogP contribution in [0.3, 0.4) is 0 Å². The summed E-state index contributed by atoms with van der Waals surface area (Å²) < 4.78 is 10.5. The minimum absolute atomic E-state index is 0.117. The molecule has 0 aliphatic carbocycles. The van der Waals surface area contributed by atoms with E-state index < -0.39 is 5.97 Å². The van der Waals surface area contributed by atoms with E-state index in [1.807, 2.05) is 12.1 Å². The van der Waals surface area contributed by atoms with E-state index in [-0.39, 0.29) is 5.78 Å². The molecule has 0 bridgehead atoms. The average molecular weight is 400 g/mol. The molecule has 152 valence electrons. The number of ketones is 1. The highest BCUT2D eigenvalue weighted by molar-refractivity contribution is 6.06. The number of methoxy groups -OCH3 is 1. The number of ether oxygens (including phenoxy) is 2. The molecule has 0 atom stereocenters. The van der Waals surface area contributed by atoms with Gasteiger partial charge in [0.25, 0.3) is 0 Å². The second-order valence-corrected chi connectivity index (χ2v) is 7.16. The molecule has 0 unspecified atom stereocenters. The maximum absolute atomic E-state index is 12.4. The predicted molar refractivity (Wildman–Crippen MR) is 118 cm³/mol. The molecule has 3 aromatic rings. The van der Waals surface area contributed by atoms with Crippen LogP contribution in [0, 0.1) is 0 Å². The molecule has 0 heterocycles. The van der Waals surface area contributed by atoms with Crippen molar-refractivity contribution in [3.8, 4) is 11.5 Å². The lowest BCUT2D eigenvalue weighted by Gasteiger charge is -2.06. The van der Waals surface area contributed by atoms with Crippen LogP contribution in [-0.4, -0.2) is 18.9 Å². The molecule has 0 aromatic heterocycles. The molecule has 4 heteroatoms. The molecule has 0 aliphatic heterocycles. The van der Waals surface area contributed by atoms with Gasteiger partial charge in [0, 0.05) is 5.56 Å². The fraction of sp³-hybridized carbons (Fsp3) is 0.154. The van der Waals surface area contributed by atoms with Crippen molar-refractivity contribution >= 4 is 17.8 Å². The van der Waals surface area contributed by atoms with Crippen LogP contribution in [-0.2, 0) is 0 Å². The zero-order valence-electron chi connectivity index (χ0n) is 17.3. The molecule has 0 fully saturated rings. The van der Waals surface area contributed by atoms with Gasteiger partial charge in [0.05, 0.1) is 12.7 Å². The summed E-state index contributed by atoms with van der Waals surface area (Å²) in [5.41, 5.74) is 3.14. The van der Waals surface area contributed by atoms with E-state index in [2.05, 4.69) is 26.0 Å². The fourth-order valence-corrected chi connectivity index (χ4v) is 2.86. The minimum atomic E-state index is -0.488. The Morgan fingerprint density at radius 3 is 2.17 bits per heavy atom. The molecule has 0 aliphatic rings. The molecule has 0 amide bonds. The van der Waals surface area contributed by atoms with Gasteiger partial charge >= 0.3 is 5.97 Å². The number of allylic oxidation sites excluding steroid dienone is 1. The van der Waals surface area contributed by atoms with Crippen molar-refractivity contribution in [1.29, 1.82) is 0 Å². The smallest absolute Gasteiger partial charge is 0.343 e. The minimum Gasteiger partial charge on any atom is -0.497 e. The van der Waals surface area contributed by atoms with Crippen LogP contribution in [0.1, 0.15) is 51.6 Å². The molecule has 30 heavy (non-hydrogen) atoms. The van der Waals surface area contributed by atoms with E-state index >= 15 is 0 Å². The van der Waals surface area contributed by atoms with Crippen molar-refractivity contribution in [2.45, 2.75) is 19.8 Å². The number of hydrogen-bond acceptors (Lipinski definition) is 4. The number of carbonyl (C=O) groups is 2. The standard InChI is InChI=1S/C26H24O4/c1-18(2)20-10-7-19(8-11-20)9-16-25(27)21-12-14-23(15-13-21)30-26(28)22-5-4-6-24(17-22)29-3/h4-18H,1-3H3/b16-9+. The summed E-state index contributed by atoms with van der Waals surface area (Å²) in [6.07, 6.45) is 3.34. The van der Waals surface area contributed by atoms with E-state index in [4.69, 9.17) is 9.47 Å². The highest BCUT2D eigenvalue weighted by Crippen LogP contribution is 2.18. The Morgan fingerprint density at radius 2 is 1.53 bits per heavy atom. The van der Waals surface area contributed by atoms with Crippen LogP contribution in [0.2, 0.25) is 0 Å². The van der Waals surface area contributed by atoms with Crippen molar-refractivity contribution in [3.63, 3.8) is 0 Å². The molecular weight excluding hydrogens is 376 g/mol. The van der Waals surface area contributed by atoms with Crippen molar-refractivity contribution in [1.82, 2.24) is 0 Å². The Balaban J connectivity index is 1.63. The van der Waals surface area contributed by atoms with E-state index in [1.54, 1.807) is 60.7 Å². The quantitative estimate of drug-likeness (QED) is 0.213. The van der Waals surface area contributed by atoms with Gasteiger partial charge in [-0.05, 0) is 65.6 Å². The Bertz CT molecular complexity index is 1050. The monoisotopic (exact) mass is 400 g/mol. The van der Waals surface area contributed by atoms with Crippen LogP contribution in [0.4, 0.5) is 0 Å². The Labute approximate surface area is 176 Å². The first kappa shape index (κ1) is 21.1. The van der Waals surface area contributed by atoms with Gasteiger partial charge in [0.2, 0.25) is 0 Å². The summed E-state index contributed by atoms with van der Waals surface area (Å²) >= 11 is 0. The first-order chi connectivity index (χ1) is 14.5. The largest absolute Gasteiger partial charge is 0.497 e. The normalized spacial score (nSPS) is 10.9. The van der Waals surface area contributed by atoms with Crippen molar-refractivity contribution in [2.24, 2.45) is 0 Å². The summed E-state index contributed by atoms with van der Waals surface area (Å²) in [6, 6.07) is 21.4. The first-order valence-electron chi connectivity index (χ1n) is 9.75. The molecule has 0 N–H and O–H groups in total. The van der Waals surface area contributed by atoms with Crippen LogP contribution in [0.25, 0.3) is 6.08 Å². The lowest BCUT2D eigenvalue weighted by atomic mass is 10.0. The maximum atomic E-state index is 12.4. The molecule has 0 saturated heterocycles. The van der Waals surface area contributed by atoms with E-state index in [0.717, 1.165) is 5.56 Å². The molecule has 4 nitrogen and oxygen atoms in total. The lowest BCUT2D eigenvalue weighted by molar-refractivity contribution is 0.0734. The van der Waals surface area contributed by atoms with Gasteiger partial charge < -0.3 is 9.47 Å². The van der Waals surface area contributed by atoms with Gasteiger partial charge in [0.15, 0.2) is 5.78 Å². The van der Waals surface area contributed by atoms with Gasteiger partial charge in [-0.3, -0.25) is 4.79 Å². The Morgan fingerprint density at radius 1 is 0.833 bits per heavy atom. The highest BCUT2D eigenvalue weighted by atomic mass is 16.5. The SMILES string of the molecule is COc1cccc(C(=O)Oc2ccc(C(=O)/C=C/c3ccc(C(C)C)cc3)cc2)c1. The summed E-state index contributed by atoms with van der Waals surface area (Å²) in [4.78, 5) is 24.7. The van der Waals surface area contributed by atoms with Crippen LogP contribution in [0.5, 0.6) is 11.5 Å². The van der Waals surface area contributed by atoms with Crippen LogP contribution < -0.4 is 9.47 Å². The Hall–Kier alpha value is -3.66. The van der Waals surface area contributed by atoms with Crippen molar-refractivity contribution < 1.29 is 19.1 Å². The van der Waals surface area contributed by atoms with Gasteiger partial charge in [0.1, 0.15) is 11.5 Å². The molecular formula is C26H24O4. The third-order valence-electron chi connectivity index (χ3n) is 4.69. The second-order valence-electron chi connectivity index (χ2n) is 7.16. The number of esters is 1. The molecule has 3 aromatic carbocycles. The van der Waals surface area contributed by atoms with Crippen molar-refractivity contribution in [2.75, 3.05) is 7.11 Å². The number of carbonyl (C=O) groups excluding carboxylic acids is 2. The second kappa shape index (κ2) is 9.70. The summed E-state index contributed by atoms with van der Waals surface area (Å²) in [6.45, 7) is 4.29. The van der Waals surface area contributed by atoms with E-state index in [9.17, 15) is 9.59 Å². The molecule has 0 saturated carbocycles. The Kier molecular flexibility index (Phi) is 6.81. The van der Waals surface area contributed by atoms with Gasteiger partial charge in [-0.2, -0.15) is 0 Å². The first-order valence-corrected chi connectivity index (χ1v) is 9.75. The molecule has 0 spiro atoms. The third-order valence-corrected chi connectivity index (χ3v) is 4.69. The van der Waals surface area contributed by atoms with Gasteiger partial charge in [-0.25, -0.2) is 4.79 Å². The van der Waals surface area contributed by atoms with Crippen LogP contribution in [0.15, 0.2) is 78.9 Å². The predicted octanol–water partition coefficient (Wildman–Crippen LogP) is 5.93. The highest BCUT2D eigenvalue weighted by Gasteiger charge is 2.10.